The molecule has 0 bridgehead atoms. The van der Waals surface area contributed by atoms with Crippen LogP contribution in [0.5, 0.6) is 5.75 Å². The normalized spacial score (nSPS) is 17.2. The second-order valence-electron chi connectivity index (χ2n) is 4.89. The monoisotopic (exact) mass is 295 g/mol. The summed E-state index contributed by atoms with van der Waals surface area (Å²) in [7, 11) is 1.34. The SMILES string of the molecule is COC(=O)c1ccc(OC[C@H](O)CN2CCOCC2)cc1. The summed E-state index contributed by atoms with van der Waals surface area (Å²) in [6.45, 7) is 3.89. The lowest BCUT2D eigenvalue weighted by molar-refractivity contribution is 0.00464. The number of morpholine rings is 1. The minimum Gasteiger partial charge on any atom is -0.491 e. The van der Waals surface area contributed by atoms with Gasteiger partial charge in [-0.3, -0.25) is 4.90 Å². The third-order valence-corrected chi connectivity index (χ3v) is 3.29. The molecule has 0 saturated carbocycles. The number of ether oxygens (including phenoxy) is 3. The lowest BCUT2D eigenvalue weighted by atomic mass is 10.2. The van der Waals surface area contributed by atoms with E-state index in [4.69, 9.17) is 9.47 Å². The average Bonchev–Trinajstić information content (AvgIpc) is 2.53. The van der Waals surface area contributed by atoms with Crippen molar-refractivity contribution in [1.29, 1.82) is 0 Å². The van der Waals surface area contributed by atoms with E-state index < -0.39 is 6.10 Å². The van der Waals surface area contributed by atoms with Crippen LogP contribution in [0.15, 0.2) is 24.3 Å². The highest BCUT2D eigenvalue weighted by molar-refractivity contribution is 5.89. The maximum absolute atomic E-state index is 11.3. The molecule has 1 fully saturated rings. The van der Waals surface area contributed by atoms with Crippen molar-refractivity contribution in [1.82, 2.24) is 4.90 Å². The molecule has 2 rings (SSSR count). The lowest BCUT2D eigenvalue weighted by Gasteiger charge is -2.28. The van der Waals surface area contributed by atoms with Crippen LogP contribution < -0.4 is 4.74 Å². The number of methoxy groups -OCH3 is 1. The number of β-amino-alcohol motifs (C(OH)–C–C–N with tert-alkyl or cyclic N) is 1. The van der Waals surface area contributed by atoms with E-state index in [1.165, 1.54) is 7.11 Å². The molecule has 0 spiro atoms. The van der Waals surface area contributed by atoms with Crippen LogP contribution in [0, 0.1) is 0 Å². The molecular weight excluding hydrogens is 274 g/mol. The van der Waals surface area contributed by atoms with E-state index >= 15 is 0 Å². The van der Waals surface area contributed by atoms with Gasteiger partial charge in [0.2, 0.25) is 0 Å². The van der Waals surface area contributed by atoms with Crippen molar-refractivity contribution in [3.63, 3.8) is 0 Å². The smallest absolute Gasteiger partial charge is 0.337 e. The maximum atomic E-state index is 11.3. The summed E-state index contributed by atoms with van der Waals surface area (Å²) in [6.07, 6.45) is -0.552. The van der Waals surface area contributed by atoms with E-state index in [0.29, 0.717) is 31.1 Å². The van der Waals surface area contributed by atoms with Gasteiger partial charge >= 0.3 is 5.97 Å². The van der Waals surface area contributed by atoms with Crippen LogP contribution >= 0.6 is 0 Å². The number of esters is 1. The number of aliphatic hydroxyl groups excluding tert-OH is 1. The van der Waals surface area contributed by atoms with Crippen molar-refractivity contribution < 1.29 is 24.1 Å². The molecule has 6 nitrogen and oxygen atoms in total. The van der Waals surface area contributed by atoms with Crippen molar-refractivity contribution in [2.45, 2.75) is 6.10 Å². The molecule has 1 saturated heterocycles. The van der Waals surface area contributed by atoms with Gasteiger partial charge in [0, 0.05) is 19.6 Å². The molecule has 1 aromatic carbocycles. The molecule has 0 unspecified atom stereocenters. The second kappa shape index (κ2) is 7.97. The Hall–Kier alpha value is -1.63. The van der Waals surface area contributed by atoms with Gasteiger partial charge in [0.25, 0.3) is 0 Å². The molecular formula is C15H21NO5. The number of carbonyl (C=O) groups is 1. The predicted molar refractivity (Wildman–Crippen MR) is 76.5 cm³/mol. The van der Waals surface area contributed by atoms with Crippen LogP contribution in [0.2, 0.25) is 0 Å². The standard InChI is InChI=1S/C15H21NO5/c1-19-15(18)12-2-4-14(5-3-12)21-11-13(17)10-16-6-8-20-9-7-16/h2-5,13,17H,6-11H2,1H3/t13-/m1/s1. The number of hydrogen-bond donors (Lipinski definition) is 1. The Morgan fingerprint density at radius 1 is 1.33 bits per heavy atom. The molecule has 1 aromatic rings. The van der Waals surface area contributed by atoms with E-state index in [-0.39, 0.29) is 12.6 Å². The number of nitrogens with zero attached hydrogens (tertiary/aromatic N) is 1. The fourth-order valence-corrected chi connectivity index (χ4v) is 2.13. The number of hydrogen-bond acceptors (Lipinski definition) is 6. The zero-order valence-corrected chi connectivity index (χ0v) is 12.2. The van der Waals surface area contributed by atoms with Crippen LogP contribution in [0.25, 0.3) is 0 Å². The first kappa shape index (κ1) is 15.8. The maximum Gasteiger partial charge on any atom is 0.337 e. The molecule has 1 N–H and O–H groups in total. The van der Waals surface area contributed by atoms with E-state index in [9.17, 15) is 9.90 Å². The third kappa shape index (κ3) is 5.00. The van der Waals surface area contributed by atoms with Crippen LogP contribution in [0.1, 0.15) is 10.4 Å². The van der Waals surface area contributed by atoms with Gasteiger partial charge in [0.05, 0.1) is 25.9 Å². The largest absolute Gasteiger partial charge is 0.491 e. The van der Waals surface area contributed by atoms with Crippen molar-refractivity contribution in [3.05, 3.63) is 29.8 Å². The van der Waals surface area contributed by atoms with E-state index in [0.717, 1.165) is 13.1 Å². The molecule has 1 aliphatic rings. The average molecular weight is 295 g/mol. The van der Waals surface area contributed by atoms with Gasteiger partial charge in [0.1, 0.15) is 18.5 Å². The summed E-state index contributed by atoms with van der Waals surface area (Å²) >= 11 is 0. The fourth-order valence-electron chi connectivity index (χ4n) is 2.13. The molecule has 6 heteroatoms. The Morgan fingerprint density at radius 2 is 2.00 bits per heavy atom. The molecule has 1 atom stereocenters. The van der Waals surface area contributed by atoms with Crippen LogP contribution in [-0.2, 0) is 9.47 Å². The first-order chi connectivity index (χ1) is 10.2. The number of carbonyl (C=O) groups excluding carboxylic acids is 1. The Kier molecular flexibility index (Phi) is 5.98. The van der Waals surface area contributed by atoms with Crippen molar-refractivity contribution in [2.75, 3.05) is 46.6 Å². The van der Waals surface area contributed by atoms with Gasteiger partial charge in [-0.2, -0.15) is 0 Å². The summed E-state index contributed by atoms with van der Waals surface area (Å²) in [4.78, 5) is 13.4. The first-order valence-electron chi connectivity index (χ1n) is 6.98. The molecule has 0 amide bonds. The summed E-state index contributed by atoms with van der Waals surface area (Å²) in [5, 5.41) is 9.96. The molecule has 21 heavy (non-hydrogen) atoms. The van der Waals surface area contributed by atoms with Crippen LogP contribution in [-0.4, -0.2) is 68.6 Å². The van der Waals surface area contributed by atoms with Gasteiger partial charge in [-0.05, 0) is 24.3 Å². The summed E-state index contributed by atoms with van der Waals surface area (Å²) in [5.41, 5.74) is 0.471. The summed E-state index contributed by atoms with van der Waals surface area (Å²) in [5.74, 6) is 0.234. The van der Waals surface area contributed by atoms with E-state index in [1.807, 2.05) is 0 Å². The van der Waals surface area contributed by atoms with Gasteiger partial charge < -0.3 is 19.3 Å². The molecule has 1 aliphatic heterocycles. The Balaban J connectivity index is 1.75. The quantitative estimate of drug-likeness (QED) is 0.773. The highest BCUT2D eigenvalue weighted by atomic mass is 16.5. The topological polar surface area (TPSA) is 68.2 Å². The fraction of sp³-hybridized carbons (Fsp3) is 0.533. The Morgan fingerprint density at radius 3 is 2.62 bits per heavy atom. The van der Waals surface area contributed by atoms with Gasteiger partial charge in [-0.15, -0.1) is 0 Å². The van der Waals surface area contributed by atoms with Crippen molar-refractivity contribution in [3.8, 4) is 5.75 Å². The zero-order chi connectivity index (χ0) is 15.1. The highest BCUT2D eigenvalue weighted by Crippen LogP contribution is 2.13. The minimum absolute atomic E-state index is 0.217. The van der Waals surface area contributed by atoms with Gasteiger partial charge in [-0.1, -0.05) is 0 Å². The number of aliphatic hydroxyl groups is 1. The molecule has 1 heterocycles. The predicted octanol–water partition coefficient (Wildman–Crippen LogP) is 0.545. The van der Waals surface area contributed by atoms with E-state index in [2.05, 4.69) is 9.64 Å². The van der Waals surface area contributed by atoms with Gasteiger partial charge in [0.15, 0.2) is 0 Å². The van der Waals surface area contributed by atoms with Crippen LogP contribution in [0.3, 0.4) is 0 Å². The van der Waals surface area contributed by atoms with E-state index in [1.54, 1.807) is 24.3 Å². The number of rotatable bonds is 6. The second-order valence-corrected chi connectivity index (χ2v) is 4.89. The zero-order valence-electron chi connectivity index (χ0n) is 12.2. The molecule has 0 radical (unpaired) electrons. The van der Waals surface area contributed by atoms with Gasteiger partial charge in [-0.25, -0.2) is 4.79 Å². The van der Waals surface area contributed by atoms with Crippen molar-refractivity contribution in [2.24, 2.45) is 0 Å². The molecule has 116 valence electrons. The minimum atomic E-state index is -0.552. The van der Waals surface area contributed by atoms with Crippen LogP contribution in [0.4, 0.5) is 0 Å². The molecule has 0 aliphatic carbocycles. The third-order valence-electron chi connectivity index (χ3n) is 3.29. The first-order valence-corrected chi connectivity index (χ1v) is 6.98. The summed E-state index contributed by atoms with van der Waals surface area (Å²) in [6, 6.07) is 6.65. The Labute approximate surface area is 124 Å². The Bertz CT molecular complexity index is 442. The summed E-state index contributed by atoms with van der Waals surface area (Å²) < 4.78 is 15.4. The number of benzene rings is 1. The van der Waals surface area contributed by atoms with Crippen molar-refractivity contribution >= 4 is 5.97 Å². The lowest BCUT2D eigenvalue weighted by Crippen LogP contribution is -2.42. The highest BCUT2D eigenvalue weighted by Gasteiger charge is 2.15. The molecule has 0 aromatic heterocycles.